The number of rotatable bonds is 5. The summed E-state index contributed by atoms with van der Waals surface area (Å²) in [5.74, 6) is 0.129. The van der Waals surface area contributed by atoms with Gasteiger partial charge in [-0.15, -0.1) is 0 Å². The maximum atomic E-state index is 13.7. The van der Waals surface area contributed by atoms with Gasteiger partial charge < -0.3 is 9.64 Å². The van der Waals surface area contributed by atoms with Gasteiger partial charge in [0.2, 0.25) is 5.91 Å². The number of hydrogen-bond acceptors (Lipinski definition) is 5. The maximum Gasteiger partial charge on any atom is 0.270 e. The first kappa shape index (κ1) is 22.0. The quantitative estimate of drug-likeness (QED) is 0.720. The highest BCUT2D eigenvalue weighted by Gasteiger charge is 2.30. The van der Waals surface area contributed by atoms with Gasteiger partial charge in [0.25, 0.3) is 5.91 Å². The number of carbonyl (C=O) groups excluding carboxylic acids is 2. The van der Waals surface area contributed by atoms with E-state index in [1.807, 2.05) is 31.2 Å². The molecule has 0 atom stereocenters. The largest absolute Gasteiger partial charge is 0.496 e. The molecule has 168 valence electrons. The summed E-state index contributed by atoms with van der Waals surface area (Å²) >= 11 is 0. The predicted molar refractivity (Wildman–Crippen MR) is 120 cm³/mol. The van der Waals surface area contributed by atoms with Crippen LogP contribution < -0.4 is 9.75 Å². The second kappa shape index (κ2) is 9.48. The fourth-order valence-corrected chi connectivity index (χ4v) is 4.10. The Bertz CT molecular complexity index is 1050. The number of halogens is 1. The summed E-state index contributed by atoms with van der Waals surface area (Å²) in [6.45, 7) is 4.90. The molecule has 0 saturated carbocycles. The zero-order valence-corrected chi connectivity index (χ0v) is 18.4. The molecule has 2 amide bonds. The molecule has 2 aliphatic heterocycles. The summed E-state index contributed by atoms with van der Waals surface area (Å²) in [6, 6.07) is 12.0. The van der Waals surface area contributed by atoms with E-state index in [1.54, 1.807) is 18.1 Å². The molecule has 32 heavy (non-hydrogen) atoms. The minimum absolute atomic E-state index is 0.107. The van der Waals surface area contributed by atoms with Crippen molar-refractivity contribution in [2.45, 2.75) is 26.3 Å². The first-order valence-electron chi connectivity index (χ1n) is 10.8. The number of para-hydroxylation sites is 1. The van der Waals surface area contributed by atoms with E-state index < -0.39 is 0 Å². The molecule has 4 rings (SSSR count). The van der Waals surface area contributed by atoms with E-state index in [1.165, 1.54) is 17.1 Å². The normalized spacial score (nSPS) is 17.3. The average Bonchev–Trinajstić information content (AvgIpc) is 2.80. The molecule has 2 aromatic rings. The molecule has 2 aromatic carbocycles. The van der Waals surface area contributed by atoms with Crippen LogP contribution in [0.4, 0.5) is 10.1 Å². The van der Waals surface area contributed by atoms with Crippen LogP contribution in [0.3, 0.4) is 0 Å². The second-order valence-corrected chi connectivity index (χ2v) is 8.06. The zero-order chi connectivity index (χ0) is 22.7. The molecule has 1 saturated heterocycles. The SMILES string of the molecule is COc1ccc(F)cc1CN1CCN(C(=O)C2=NN(c3ccccc3C)C(=O)CC2)CC1. The number of benzene rings is 2. The first-order valence-corrected chi connectivity index (χ1v) is 10.8. The number of anilines is 1. The summed E-state index contributed by atoms with van der Waals surface area (Å²) in [6.07, 6.45) is 0.610. The fourth-order valence-electron chi connectivity index (χ4n) is 4.10. The standard InChI is InChI=1S/C24H27FN4O3/c1-17-5-3-4-6-21(17)29-23(30)10-8-20(26-29)24(31)28-13-11-27(12-14-28)16-18-15-19(25)7-9-22(18)32-2/h3-7,9,15H,8,10-14,16H2,1-2H3. The van der Waals surface area contributed by atoms with Crippen molar-refractivity contribution >= 4 is 23.2 Å². The lowest BCUT2D eigenvalue weighted by atomic mass is 10.1. The lowest BCUT2D eigenvalue weighted by molar-refractivity contribution is -0.126. The van der Waals surface area contributed by atoms with Crippen LogP contribution in [0.1, 0.15) is 24.0 Å². The highest BCUT2D eigenvalue weighted by Crippen LogP contribution is 2.25. The molecule has 2 aliphatic rings. The minimum atomic E-state index is -0.294. The molecular weight excluding hydrogens is 411 g/mol. The Kier molecular flexibility index (Phi) is 6.50. The predicted octanol–water partition coefficient (Wildman–Crippen LogP) is 2.97. The van der Waals surface area contributed by atoms with Crippen LogP contribution in [0.5, 0.6) is 5.75 Å². The van der Waals surface area contributed by atoms with E-state index in [2.05, 4.69) is 10.0 Å². The van der Waals surface area contributed by atoms with Gasteiger partial charge in [-0.25, -0.2) is 9.40 Å². The smallest absolute Gasteiger partial charge is 0.270 e. The summed E-state index contributed by atoms with van der Waals surface area (Å²) in [5.41, 5.74) is 2.83. The van der Waals surface area contributed by atoms with Crippen molar-refractivity contribution in [3.05, 3.63) is 59.4 Å². The average molecular weight is 439 g/mol. The van der Waals surface area contributed by atoms with Crippen molar-refractivity contribution < 1.29 is 18.7 Å². The van der Waals surface area contributed by atoms with Crippen molar-refractivity contribution in [3.63, 3.8) is 0 Å². The number of piperazine rings is 1. The Morgan fingerprint density at radius 2 is 1.84 bits per heavy atom. The Balaban J connectivity index is 1.41. The van der Waals surface area contributed by atoms with Crippen molar-refractivity contribution in [1.82, 2.24) is 9.80 Å². The Morgan fingerprint density at radius 1 is 1.09 bits per heavy atom. The van der Waals surface area contributed by atoms with Crippen molar-refractivity contribution in [1.29, 1.82) is 0 Å². The van der Waals surface area contributed by atoms with Gasteiger partial charge in [0, 0.05) is 51.1 Å². The van der Waals surface area contributed by atoms with Crippen LogP contribution in [0.15, 0.2) is 47.6 Å². The van der Waals surface area contributed by atoms with Crippen molar-refractivity contribution in [3.8, 4) is 5.75 Å². The Morgan fingerprint density at radius 3 is 2.56 bits per heavy atom. The molecule has 0 aliphatic carbocycles. The Labute approximate surface area is 187 Å². The van der Waals surface area contributed by atoms with Gasteiger partial charge in [-0.2, -0.15) is 5.10 Å². The fraction of sp³-hybridized carbons (Fsp3) is 0.375. The number of nitrogens with zero attached hydrogens (tertiary/aromatic N) is 4. The second-order valence-electron chi connectivity index (χ2n) is 8.06. The van der Waals surface area contributed by atoms with E-state index in [0.29, 0.717) is 56.3 Å². The maximum absolute atomic E-state index is 13.7. The Hall–Kier alpha value is -3.26. The van der Waals surface area contributed by atoms with E-state index in [0.717, 1.165) is 11.1 Å². The van der Waals surface area contributed by atoms with Crippen LogP contribution in [-0.2, 0) is 16.1 Å². The number of amides is 2. The van der Waals surface area contributed by atoms with E-state index in [9.17, 15) is 14.0 Å². The molecule has 0 N–H and O–H groups in total. The van der Waals surface area contributed by atoms with Crippen LogP contribution in [0, 0.1) is 12.7 Å². The first-order chi connectivity index (χ1) is 15.5. The van der Waals surface area contributed by atoms with Gasteiger partial charge in [-0.3, -0.25) is 14.5 Å². The van der Waals surface area contributed by atoms with E-state index in [-0.39, 0.29) is 24.1 Å². The van der Waals surface area contributed by atoms with Crippen molar-refractivity contribution in [2.75, 3.05) is 38.3 Å². The van der Waals surface area contributed by atoms with E-state index >= 15 is 0 Å². The van der Waals surface area contributed by atoms with Gasteiger partial charge in [0.1, 0.15) is 17.3 Å². The molecule has 8 heteroatoms. The topological polar surface area (TPSA) is 65.5 Å². The molecular formula is C24H27FN4O3. The van der Waals surface area contributed by atoms with Crippen LogP contribution in [0.25, 0.3) is 0 Å². The molecule has 0 radical (unpaired) electrons. The zero-order valence-electron chi connectivity index (χ0n) is 18.4. The van der Waals surface area contributed by atoms with Gasteiger partial charge in [0.05, 0.1) is 12.8 Å². The number of hydrogen-bond donors (Lipinski definition) is 0. The highest BCUT2D eigenvalue weighted by atomic mass is 19.1. The number of hydrazone groups is 1. The molecule has 2 heterocycles. The molecule has 0 aromatic heterocycles. The number of aryl methyl sites for hydroxylation is 1. The van der Waals surface area contributed by atoms with Gasteiger partial charge in [-0.05, 0) is 36.8 Å². The molecule has 7 nitrogen and oxygen atoms in total. The monoisotopic (exact) mass is 438 g/mol. The van der Waals surface area contributed by atoms with Gasteiger partial charge in [0.15, 0.2) is 0 Å². The number of methoxy groups -OCH3 is 1. The van der Waals surface area contributed by atoms with Gasteiger partial charge >= 0.3 is 0 Å². The third kappa shape index (κ3) is 4.65. The van der Waals surface area contributed by atoms with Crippen molar-refractivity contribution in [2.24, 2.45) is 5.10 Å². The van der Waals surface area contributed by atoms with Gasteiger partial charge in [-0.1, -0.05) is 18.2 Å². The molecule has 0 unspecified atom stereocenters. The third-order valence-corrected chi connectivity index (χ3v) is 5.92. The van der Waals surface area contributed by atoms with Crippen LogP contribution >= 0.6 is 0 Å². The lowest BCUT2D eigenvalue weighted by Gasteiger charge is -2.35. The lowest BCUT2D eigenvalue weighted by Crippen LogP contribution is -2.51. The number of ether oxygens (including phenoxy) is 1. The van der Waals surface area contributed by atoms with E-state index in [4.69, 9.17) is 4.74 Å². The third-order valence-electron chi connectivity index (χ3n) is 5.92. The van der Waals surface area contributed by atoms with Crippen LogP contribution in [0.2, 0.25) is 0 Å². The highest BCUT2D eigenvalue weighted by molar-refractivity contribution is 6.40. The summed E-state index contributed by atoms with van der Waals surface area (Å²) < 4.78 is 19.0. The summed E-state index contributed by atoms with van der Waals surface area (Å²) in [7, 11) is 1.57. The minimum Gasteiger partial charge on any atom is -0.496 e. The summed E-state index contributed by atoms with van der Waals surface area (Å²) in [5, 5.41) is 5.79. The number of carbonyl (C=O) groups is 2. The molecule has 0 bridgehead atoms. The molecule has 0 spiro atoms. The van der Waals surface area contributed by atoms with Crippen LogP contribution in [-0.4, -0.2) is 60.6 Å². The molecule has 1 fully saturated rings. The summed E-state index contributed by atoms with van der Waals surface area (Å²) in [4.78, 5) is 29.5.